The number of rotatable bonds is 6. The lowest BCUT2D eigenvalue weighted by Crippen LogP contribution is -2.35. The van der Waals surface area contributed by atoms with Gasteiger partial charge in [0.25, 0.3) is 0 Å². The van der Waals surface area contributed by atoms with Crippen LogP contribution in [0.15, 0.2) is 6.20 Å². The Bertz CT molecular complexity index is 432. The zero-order valence-electron chi connectivity index (χ0n) is 12.3. The quantitative estimate of drug-likeness (QED) is 0.874. The molecule has 0 aliphatic carbocycles. The van der Waals surface area contributed by atoms with Crippen LogP contribution in [0.2, 0.25) is 0 Å². The summed E-state index contributed by atoms with van der Waals surface area (Å²) in [6.45, 7) is 5.25. The molecule has 0 bridgehead atoms. The molecule has 0 saturated carbocycles. The number of anilines is 1. The number of hydrogen-bond donors (Lipinski definition) is 1. The Morgan fingerprint density at radius 1 is 1.35 bits per heavy atom. The Balaban J connectivity index is 3.13. The van der Waals surface area contributed by atoms with Crippen LogP contribution in [-0.2, 0) is 6.54 Å². The first-order valence-corrected chi connectivity index (χ1v) is 6.60. The van der Waals surface area contributed by atoms with Crippen molar-refractivity contribution in [2.24, 2.45) is 0 Å². The molecule has 0 amide bonds. The zero-order chi connectivity index (χ0) is 15.3. The summed E-state index contributed by atoms with van der Waals surface area (Å²) in [5.74, 6) is 0.777. The van der Waals surface area contributed by atoms with E-state index >= 15 is 0 Å². The number of halogens is 3. The number of alkyl halides is 3. The average Bonchev–Trinajstić information content (AvgIpc) is 2.35. The molecule has 7 heteroatoms. The van der Waals surface area contributed by atoms with Crippen LogP contribution < -0.4 is 10.2 Å². The van der Waals surface area contributed by atoms with E-state index in [-0.39, 0.29) is 12.5 Å². The molecule has 114 valence electrons. The Labute approximate surface area is 117 Å². The van der Waals surface area contributed by atoms with Gasteiger partial charge in [-0.15, -0.1) is 0 Å². The van der Waals surface area contributed by atoms with Gasteiger partial charge in [-0.3, -0.25) is 0 Å². The third-order valence-electron chi connectivity index (χ3n) is 2.82. The molecule has 1 heterocycles. The lowest BCUT2D eigenvalue weighted by molar-refractivity contribution is -0.119. The molecule has 20 heavy (non-hydrogen) atoms. The molecular weight excluding hydrogens is 269 g/mol. The van der Waals surface area contributed by atoms with E-state index in [0.29, 0.717) is 23.8 Å². The van der Waals surface area contributed by atoms with Crippen molar-refractivity contribution >= 4 is 5.69 Å². The van der Waals surface area contributed by atoms with Crippen molar-refractivity contribution in [2.45, 2.75) is 39.4 Å². The highest BCUT2D eigenvalue weighted by molar-refractivity contribution is 5.49. The highest BCUT2D eigenvalue weighted by Crippen LogP contribution is 2.25. The van der Waals surface area contributed by atoms with Crippen molar-refractivity contribution in [3.8, 4) is 0 Å². The Hall–Kier alpha value is -1.37. The summed E-state index contributed by atoms with van der Waals surface area (Å²) in [4.78, 5) is 9.80. The van der Waals surface area contributed by atoms with Crippen LogP contribution in [0.5, 0.6) is 0 Å². The van der Waals surface area contributed by atoms with E-state index in [1.165, 1.54) is 11.1 Å². The molecule has 1 N–H and O–H groups in total. The second kappa shape index (κ2) is 6.88. The van der Waals surface area contributed by atoms with Gasteiger partial charge in [0.1, 0.15) is 12.4 Å². The fraction of sp³-hybridized carbons (Fsp3) is 0.692. The van der Waals surface area contributed by atoms with Gasteiger partial charge in [0.05, 0.1) is 17.6 Å². The summed E-state index contributed by atoms with van der Waals surface area (Å²) >= 11 is 0. The largest absolute Gasteiger partial charge is 0.405 e. The monoisotopic (exact) mass is 290 g/mol. The Kier molecular flexibility index (Phi) is 5.74. The standard InChI is InChI=1S/C13H21F3N4/c1-5-20(8-13(14,15)16)11-7-18-12(9(2)3)19-10(11)6-17-4/h7,9,17H,5-6,8H2,1-4H3. The minimum Gasteiger partial charge on any atom is -0.360 e. The number of nitrogens with zero attached hydrogens (tertiary/aromatic N) is 3. The predicted octanol–water partition coefficient (Wildman–Crippen LogP) is 2.71. The van der Waals surface area contributed by atoms with Crippen molar-refractivity contribution < 1.29 is 13.2 Å². The van der Waals surface area contributed by atoms with Crippen LogP contribution in [0.25, 0.3) is 0 Å². The van der Waals surface area contributed by atoms with Gasteiger partial charge < -0.3 is 10.2 Å². The highest BCUT2D eigenvalue weighted by Gasteiger charge is 2.31. The maximum absolute atomic E-state index is 12.6. The van der Waals surface area contributed by atoms with Gasteiger partial charge in [-0.05, 0) is 14.0 Å². The van der Waals surface area contributed by atoms with E-state index in [1.54, 1.807) is 14.0 Å². The van der Waals surface area contributed by atoms with E-state index in [2.05, 4.69) is 15.3 Å². The molecule has 1 rings (SSSR count). The fourth-order valence-corrected chi connectivity index (χ4v) is 1.85. The minimum atomic E-state index is -4.25. The van der Waals surface area contributed by atoms with Crippen LogP contribution in [0.1, 0.15) is 38.2 Å². The molecule has 0 atom stereocenters. The molecule has 0 unspecified atom stereocenters. The molecule has 0 aliphatic rings. The molecule has 0 radical (unpaired) electrons. The molecule has 0 fully saturated rings. The van der Waals surface area contributed by atoms with Gasteiger partial charge >= 0.3 is 6.18 Å². The second-order valence-corrected chi connectivity index (χ2v) is 4.87. The number of hydrogen-bond acceptors (Lipinski definition) is 4. The zero-order valence-corrected chi connectivity index (χ0v) is 12.3. The third kappa shape index (κ3) is 4.63. The van der Waals surface area contributed by atoms with Crippen molar-refractivity contribution in [1.29, 1.82) is 0 Å². The van der Waals surface area contributed by atoms with Gasteiger partial charge in [-0.2, -0.15) is 13.2 Å². The van der Waals surface area contributed by atoms with E-state index in [1.807, 2.05) is 13.8 Å². The van der Waals surface area contributed by atoms with Crippen molar-refractivity contribution in [2.75, 3.05) is 25.0 Å². The lowest BCUT2D eigenvalue weighted by atomic mass is 10.2. The first-order chi connectivity index (χ1) is 9.28. The molecular formula is C13H21F3N4. The Morgan fingerprint density at radius 3 is 2.45 bits per heavy atom. The van der Waals surface area contributed by atoms with Crippen molar-refractivity contribution in [3.05, 3.63) is 17.7 Å². The molecule has 1 aromatic rings. The molecule has 0 spiro atoms. The molecule has 0 aromatic carbocycles. The van der Waals surface area contributed by atoms with Gasteiger partial charge in [0, 0.05) is 19.0 Å². The third-order valence-corrected chi connectivity index (χ3v) is 2.82. The number of aromatic nitrogens is 2. The van der Waals surface area contributed by atoms with E-state index < -0.39 is 12.7 Å². The highest BCUT2D eigenvalue weighted by atomic mass is 19.4. The lowest BCUT2D eigenvalue weighted by Gasteiger charge is -2.26. The number of nitrogens with one attached hydrogen (secondary N) is 1. The fourth-order valence-electron chi connectivity index (χ4n) is 1.85. The van der Waals surface area contributed by atoms with Crippen LogP contribution in [0.4, 0.5) is 18.9 Å². The smallest absolute Gasteiger partial charge is 0.360 e. The van der Waals surface area contributed by atoms with Crippen LogP contribution in [0, 0.1) is 0 Å². The van der Waals surface area contributed by atoms with Crippen molar-refractivity contribution in [1.82, 2.24) is 15.3 Å². The van der Waals surface area contributed by atoms with Crippen molar-refractivity contribution in [3.63, 3.8) is 0 Å². The second-order valence-electron chi connectivity index (χ2n) is 4.87. The first kappa shape index (κ1) is 16.7. The van der Waals surface area contributed by atoms with Crippen LogP contribution in [0.3, 0.4) is 0 Å². The summed E-state index contributed by atoms with van der Waals surface area (Å²) in [7, 11) is 1.74. The Morgan fingerprint density at radius 2 is 2.00 bits per heavy atom. The normalized spacial score (nSPS) is 12.0. The summed E-state index contributed by atoms with van der Waals surface area (Å²) in [6.07, 6.45) is -2.76. The maximum Gasteiger partial charge on any atom is 0.405 e. The minimum absolute atomic E-state index is 0.136. The van der Waals surface area contributed by atoms with E-state index in [0.717, 1.165) is 0 Å². The van der Waals surface area contributed by atoms with Gasteiger partial charge in [0.15, 0.2) is 0 Å². The predicted molar refractivity (Wildman–Crippen MR) is 72.8 cm³/mol. The topological polar surface area (TPSA) is 41.1 Å². The summed E-state index contributed by atoms with van der Waals surface area (Å²) < 4.78 is 37.8. The summed E-state index contributed by atoms with van der Waals surface area (Å²) in [6, 6.07) is 0. The molecule has 0 saturated heterocycles. The van der Waals surface area contributed by atoms with Gasteiger partial charge in [0.2, 0.25) is 0 Å². The average molecular weight is 290 g/mol. The van der Waals surface area contributed by atoms with Gasteiger partial charge in [-0.1, -0.05) is 13.8 Å². The summed E-state index contributed by atoms with van der Waals surface area (Å²) in [5.41, 5.74) is 1.03. The molecule has 4 nitrogen and oxygen atoms in total. The van der Waals surface area contributed by atoms with E-state index in [4.69, 9.17) is 0 Å². The van der Waals surface area contributed by atoms with Crippen LogP contribution >= 0.6 is 0 Å². The molecule has 0 aliphatic heterocycles. The molecule has 1 aromatic heterocycles. The van der Waals surface area contributed by atoms with Gasteiger partial charge in [-0.25, -0.2) is 9.97 Å². The van der Waals surface area contributed by atoms with E-state index in [9.17, 15) is 13.2 Å². The maximum atomic E-state index is 12.6. The first-order valence-electron chi connectivity index (χ1n) is 6.60. The summed E-state index contributed by atoms with van der Waals surface area (Å²) in [5, 5.41) is 2.93. The van der Waals surface area contributed by atoms with Crippen LogP contribution in [-0.4, -0.2) is 36.3 Å². The SMILES string of the molecule is CCN(CC(F)(F)F)c1cnc(C(C)C)nc1CNC.